The van der Waals surface area contributed by atoms with Crippen LogP contribution in [0.25, 0.3) is 11.3 Å². The zero-order chi connectivity index (χ0) is 17.6. The molecule has 1 aliphatic rings. The number of piperidine rings is 1. The van der Waals surface area contributed by atoms with Crippen molar-refractivity contribution in [2.24, 2.45) is 13.0 Å². The van der Waals surface area contributed by atoms with E-state index < -0.39 is 0 Å². The summed E-state index contributed by atoms with van der Waals surface area (Å²) in [6.07, 6.45) is 4.21. The van der Waals surface area contributed by atoms with Crippen molar-refractivity contribution in [3.05, 3.63) is 42.1 Å². The van der Waals surface area contributed by atoms with Crippen molar-refractivity contribution in [3.8, 4) is 11.3 Å². The van der Waals surface area contributed by atoms with E-state index in [1.54, 1.807) is 0 Å². The molecule has 0 saturated carbocycles. The van der Waals surface area contributed by atoms with Gasteiger partial charge in [0.1, 0.15) is 0 Å². The van der Waals surface area contributed by atoms with E-state index in [1.807, 2.05) is 36.1 Å². The number of likely N-dealkylation sites (tertiary alicyclic amines) is 1. The molecule has 1 aromatic carbocycles. The summed E-state index contributed by atoms with van der Waals surface area (Å²) < 4.78 is 1.85. The van der Waals surface area contributed by atoms with Gasteiger partial charge in [-0.05, 0) is 31.8 Å². The molecule has 0 radical (unpaired) electrons. The lowest BCUT2D eigenvalue weighted by Gasteiger charge is -2.31. The Labute approximate surface area is 150 Å². The van der Waals surface area contributed by atoms with Crippen LogP contribution in [-0.4, -0.2) is 52.1 Å². The molecule has 0 amide bonds. The van der Waals surface area contributed by atoms with Crippen LogP contribution in [0.3, 0.4) is 0 Å². The quantitative estimate of drug-likeness (QED) is 0.810. The molecule has 1 unspecified atom stereocenters. The Morgan fingerprint density at radius 2 is 1.96 bits per heavy atom. The molecule has 25 heavy (non-hydrogen) atoms. The fraction of sp³-hybridized carbons (Fsp3) is 0.550. The van der Waals surface area contributed by atoms with E-state index in [0.29, 0.717) is 13.1 Å². The molecule has 1 fully saturated rings. The van der Waals surface area contributed by atoms with Gasteiger partial charge in [0.05, 0.1) is 11.8 Å². The first-order valence-electron chi connectivity index (χ1n) is 9.31. The van der Waals surface area contributed by atoms with Crippen molar-refractivity contribution >= 4 is 0 Å². The molecule has 2 N–H and O–H groups in total. The highest BCUT2D eigenvalue weighted by Gasteiger charge is 2.18. The minimum Gasteiger partial charge on any atom is -0.390 e. The van der Waals surface area contributed by atoms with Crippen LogP contribution in [0, 0.1) is 5.92 Å². The lowest BCUT2D eigenvalue weighted by molar-refractivity contribution is 0.0907. The molecule has 136 valence electrons. The largest absolute Gasteiger partial charge is 0.390 e. The van der Waals surface area contributed by atoms with Crippen molar-refractivity contribution in [1.82, 2.24) is 20.0 Å². The molecular formula is C20H30N4O. The third-order valence-electron chi connectivity index (χ3n) is 4.99. The van der Waals surface area contributed by atoms with Gasteiger partial charge in [0.25, 0.3) is 0 Å². The fourth-order valence-electron chi connectivity index (χ4n) is 3.49. The Morgan fingerprint density at radius 1 is 1.24 bits per heavy atom. The molecule has 2 heterocycles. The average Bonchev–Trinajstić information content (AvgIpc) is 2.98. The Kier molecular flexibility index (Phi) is 6.24. The summed E-state index contributed by atoms with van der Waals surface area (Å²) in [6.45, 7) is 6.62. The van der Waals surface area contributed by atoms with Crippen LogP contribution in [0.5, 0.6) is 0 Å². The summed E-state index contributed by atoms with van der Waals surface area (Å²) >= 11 is 0. The maximum absolute atomic E-state index is 10.3. The second-order valence-corrected chi connectivity index (χ2v) is 7.31. The Balaban J connectivity index is 1.49. The average molecular weight is 342 g/mol. The molecule has 0 bridgehead atoms. The Morgan fingerprint density at radius 3 is 2.68 bits per heavy atom. The minimum atomic E-state index is -0.328. The van der Waals surface area contributed by atoms with Crippen LogP contribution in [0.1, 0.15) is 25.3 Å². The maximum atomic E-state index is 10.3. The number of aliphatic hydroxyl groups is 1. The molecular weight excluding hydrogens is 312 g/mol. The van der Waals surface area contributed by atoms with Gasteiger partial charge in [0.2, 0.25) is 0 Å². The fourth-order valence-corrected chi connectivity index (χ4v) is 3.49. The number of aromatic nitrogens is 2. The highest BCUT2D eigenvalue weighted by Crippen LogP contribution is 2.21. The van der Waals surface area contributed by atoms with Gasteiger partial charge >= 0.3 is 0 Å². The second-order valence-electron chi connectivity index (χ2n) is 7.31. The van der Waals surface area contributed by atoms with Gasteiger partial charge in [0.15, 0.2) is 0 Å². The zero-order valence-corrected chi connectivity index (χ0v) is 15.4. The summed E-state index contributed by atoms with van der Waals surface area (Å²) in [5.41, 5.74) is 3.30. The molecule has 0 aliphatic carbocycles. The first-order valence-corrected chi connectivity index (χ1v) is 9.31. The van der Waals surface area contributed by atoms with E-state index >= 15 is 0 Å². The van der Waals surface area contributed by atoms with E-state index in [-0.39, 0.29) is 6.10 Å². The standard InChI is InChI=1S/C20H30N4O/c1-16-8-10-24(11-9-16)15-19(25)13-21-12-18-14-23(2)22-20(18)17-6-4-3-5-7-17/h3-7,14,16,19,21,25H,8-13,15H2,1-2H3. The second kappa shape index (κ2) is 8.61. The Hall–Kier alpha value is -1.69. The van der Waals surface area contributed by atoms with Crippen molar-refractivity contribution < 1.29 is 5.11 Å². The highest BCUT2D eigenvalue weighted by atomic mass is 16.3. The van der Waals surface area contributed by atoms with Gasteiger partial charge in [-0.2, -0.15) is 5.10 Å². The molecule has 3 rings (SSSR count). The van der Waals surface area contributed by atoms with Crippen molar-refractivity contribution in [1.29, 1.82) is 0 Å². The maximum Gasteiger partial charge on any atom is 0.0967 e. The van der Waals surface area contributed by atoms with Gasteiger partial charge in [-0.15, -0.1) is 0 Å². The van der Waals surface area contributed by atoms with Crippen LogP contribution >= 0.6 is 0 Å². The summed E-state index contributed by atoms with van der Waals surface area (Å²) in [5.74, 6) is 0.827. The predicted molar refractivity (Wildman–Crippen MR) is 101 cm³/mol. The van der Waals surface area contributed by atoms with Crippen LogP contribution in [0.4, 0.5) is 0 Å². The first kappa shape index (κ1) is 18.1. The summed E-state index contributed by atoms with van der Waals surface area (Å²) in [4.78, 5) is 2.38. The number of β-amino-alcohol motifs (C(OH)–C–C–N with tert-alkyl or cyclic N) is 1. The summed E-state index contributed by atoms with van der Waals surface area (Å²) in [6, 6.07) is 10.2. The third-order valence-corrected chi connectivity index (χ3v) is 4.99. The summed E-state index contributed by atoms with van der Waals surface area (Å²) in [5, 5.41) is 18.3. The SMILES string of the molecule is CC1CCN(CC(O)CNCc2cn(C)nc2-c2ccccc2)CC1. The molecule has 5 heteroatoms. The monoisotopic (exact) mass is 342 g/mol. The van der Waals surface area contributed by atoms with E-state index in [2.05, 4.69) is 34.4 Å². The number of hydrogen-bond donors (Lipinski definition) is 2. The predicted octanol–water partition coefficient (Wildman–Crippen LogP) is 2.27. The topological polar surface area (TPSA) is 53.3 Å². The van der Waals surface area contributed by atoms with Crippen molar-refractivity contribution in [2.75, 3.05) is 26.2 Å². The Bertz CT molecular complexity index is 647. The van der Waals surface area contributed by atoms with Gasteiger partial charge in [-0.1, -0.05) is 37.3 Å². The van der Waals surface area contributed by atoms with Crippen molar-refractivity contribution in [3.63, 3.8) is 0 Å². The van der Waals surface area contributed by atoms with Gasteiger partial charge in [-0.3, -0.25) is 4.68 Å². The third kappa shape index (κ3) is 5.14. The first-order chi connectivity index (χ1) is 12.1. The van der Waals surface area contributed by atoms with Crippen LogP contribution in [-0.2, 0) is 13.6 Å². The molecule has 1 aromatic heterocycles. The number of nitrogens with zero attached hydrogens (tertiary/aromatic N) is 3. The van der Waals surface area contributed by atoms with E-state index in [9.17, 15) is 5.11 Å². The zero-order valence-electron chi connectivity index (χ0n) is 15.4. The van der Waals surface area contributed by atoms with E-state index in [0.717, 1.165) is 42.4 Å². The summed E-state index contributed by atoms with van der Waals surface area (Å²) in [7, 11) is 1.95. The van der Waals surface area contributed by atoms with E-state index in [1.165, 1.54) is 12.8 Å². The van der Waals surface area contributed by atoms with Crippen LogP contribution in [0.2, 0.25) is 0 Å². The number of aryl methyl sites for hydroxylation is 1. The number of nitrogens with one attached hydrogen (secondary N) is 1. The van der Waals surface area contributed by atoms with Gasteiger partial charge < -0.3 is 15.3 Å². The molecule has 5 nitrogen and oxygen atoms in total. The van der Waals surface area contributed by atoms with Crippen molar-refractivity contribution in [2.45, 2.75) is 32.4 Å². The number of aliphatic hydroxyl groups excluding tert-OH is 1. The van der Waals surface area contributed by atoms with Crippen LogP contribution < -0.4 is 5.32 Å². The lowest BCUT2D eigenvalue weighted by Crippen LogP contribution is -2.41. The number of hydrogen-bond acceptors (Lipinski definition) is 4. The van der Waals surface area contributed by atoms with Gasteiger partial charge in [0, 0.05) is 44.0 Å². The highest BCUT2D eigenvalue weighted by molar-refractivity contribution is 5.62. The lowest BCUT2D eigenvalue weighted by atomic mass is 9.99. The normalized spacial score (nSPS) is 17.7. The van der Waals surface area contributed by atoms with E-state index in [4.69, 9.17) is 0 Å². The minimum absolute atomic E-state index is 0.328. The number of benzene rings is 1. The number of rotatable bonds is 7. The molecule has 2 aromatic rings. The molecule has 1 saturated heterocycles. The molecule has 0 spiro atoms. The van der Waals surface area contributed by atoms with Gasteiger partial charge in [-0.25, -0.2) is 0 Å². The molecule has 1 aliphatic heterocycles. The van der Waals surface area contributed by atoms with Crippen LogP contribution in [0.15, 0.2) is 36.5 Å². The molecule has 1 atom stereocenters. The smallest absolute Gasteiger partial charge is 0.0967 e.